The molecule has 2 fully saturated rings. The Morgan fingerprint density at radius 2 is 2.05 bits per heavy atom. The van der Waals surface area contributed by atoms with Gasteiger partial charge in [-0.05, 0) is 50.0 Å². The van der Waals surface area contributed by atoms with Crippen LogP contribution in [0.3, 0.4) is 0 Å². The summed E-state index contributed by atoms with van der Waals surface area (Å²) in [5.74, 6) is 2.69. The van der Waals surface area contributed by atoms with Crippen molar-refractivity contribution in [1.82, 2.24) is 10.2 Å². The fourth-order valence-corrected chi connectivity index (χ4v) is 3.44. The van der Waals surface area contributed by atoms with E-state index in [4.69, 9.17) is 0 Å². The van der Waals surface area contributed by atoms with Gasteiger partial charge in [0.05, 0.1) is 0 Å². The Hall–Kier alpha value is -0.710. The summed E-state index contributed by atoms with van der Waals surface area (Å²) in [5, 5.41) is 2.97. The van der Waals surface area contributed by atoms with Crippen LogP contribution < -0.4 is 5.32 Å². The van der Waals surface area contributed by atoms with Crippen molar-refractivity contribution in [3.05, 3.63) is 0 Å². The van der Waals surface area contributed by atoms with Crippen LogP contribution in [0.5, 0.6) is 0 Å². The average Bonchev–Trinajstić information content (AvgIpc) is 3.26. The quantitative estimate of drug-likeness (QED) is 0.732. The second kappa shape index (κ2) is 6.37. The smallest absolute Gasteiger partial charge is 0.246 e. The molecular formula is C15H26N2O2S. The second-order valence-electron chi connectivity index (χ2n) is 5.96. The third kappa shape index (κ3) is 2.97. The predicted octanol–water partition coefficient (Wildman–Crippen LogP) is 2.04. The van der Waals surface area contributed by atoms with Gasteiger partial charge in [0, 0.05) is 6.54 Å². The van der Waals surface area contributed by atoms with Crippen molar-refractivity contribution >= 4 is 23.6 Å². The van der Waals surface area contributed by atoms with Gasteiger partial charge in [-0.1, -0.05) is 13.8 Å². The van der Waals surface area contributed by atoms with Crippen molar-refractivity contribution in [3.8, 4) is 0 Å². The lowest BCUT2D eigenvalue weighted by Gasteiger charge is -2.46. The highest BCUT2D eigenvalue weighted by Gasteiger charge is 2.51. The molecule has 1 saturated heterocycles. The third-order valence-electron chi connectivity index (χ3n) is 4.56. The number of hydrogen-bond donors (Lipinski definition) is 1. The molecule has 1 heterocycles. The van der Waals surface area contributed by atoms with Crippen LogP contribution in [0.2, 0.25) is 0 Å². The molecule has 0 aromatic carbocycles. The molecule has 0 aromatic rings. The lowest BCUT2D eigenvalue weighted by atomic mass is 9.89. The average molecular weight is 298 g/mol. The molecule has 20 heavy (non-hydrogen) atoms. The van der Waals surface area contributed by atoms with E-state index in [2.05, 4.69) is 12.2 Å². The Kier molecular flexibility index (Phi) is 4.99. The molecule has 0 bridgehead atoms. The highest BCUT2D eigenvalue weighted by molar-refractivity contribution is 7.99. The summed E-state index contributed by atoms with van der Waals surface area (Å²) in [4.78, 5) is 27.0. The van der Waals surface area contributed by atoms with Crippen LogP contribution in [0.4, 0.5) is 0 Å². The molecule has 2 rings (SSSR count). The largest absolute Gasteiger partial charge is 0.342 e. The fraction of sp³-hybridized carbons (Fsp3) is 0.867. The van der Waals surface area contributed by atoms with Gasteiger partial charge in [-0.3, -0.25) is 9.59 Å². The van der Waals surface area contributed by atoms with Crippen LogP contribution in [-0.4, -0.2) is 46.3 Å². The van der Waals surface area contributed by atoms with E-state index < -0.39 is 5.54 Å². The summed E-state index contributed by atoms with van der Waals surface area (Å²) < 4.78 is 0. The minimum absolute atomic E-state index is 0.0274. The zero-order valence-electron chi connectivity index (χ0n) is 12.8. The van der Waals surface area contributed by atoms with Crippen LogP contribution in [0.1, 0.15) is 46.5 Å². The topological polar surface area (TPSA) is 49.4 Å². The fourth-order valence-electron chi connectivity index (χ4n) is 2.82. The SMILES string of the molecule is CCSCCCN1C(=O)C(C2CC2)NC(=O)C1(C)CC. The van der Waals surface area contributed by atoms with E-state index in [9.17, 15) is 9.59 Å². The number of carbonyl (C=O) groups is 2. The van der Waals surface area contributed by atoms with Crippen molar-refractivity contribution in [2.45, 2.75) is 58.0 Å². The molecule has 2 atom stereocenters. The van der Waals surface area contributed by atoms with E-state index in [0.29, 0.717) is 18.9 Å². The molecule has 1 N–H and O–H groups in total. The number of nitrogens with one attached hydrogen (secondary N) is 1. The molecule has 1 aliphatic heterocycles. The molecule has 114 valence electrons. The Labute approximate surface area is 126 Å². The molecular weight excluding hydrogens is 272 g/mol. The first kappa shape index (κ1) is 15.7. The molecule has 0 aromatic heterocycles. The van der Waals surface area contributed by atoms with Gasteiger partial charge >= 0.3 is 0 Å². The lowest BCUT2D eigenvalue weighted by Crippen LogP contribution is -2.69. The molecule has 1 aliphatic carbocycles. The van der Waals surface area contributed by atoms with Gasteiger partial charge in [-0.2, -0.15) is 11.8 Å². The maximum Gasteiger partial charge on any atom is 0.246 e. The van der Waals surface area contributed by atoms with Gasteiger partial charge in [0.1, 0.15) is 11.6 Å². The van der Waals surface area contributed by atoms with E-state index in [0.717, 1.165) is 30.8 Å². The Morgan fingerprint density at radius 3 is 2.60 bits per heavy atom. The van der Waals surface area contributed by atoms with Gasteiger partial charge in [0.2, 0.25) is 11.8 Å². The Morgan fingerprint density at radius 1 is 1.35 bits per heavy atom. The first-order valence-corrected chi connectivity index (χ1v) is 8.90. The maximum atomic E-state index is 12.7. The Balaban J connectivity index is 2.07. The second-order valence-corrected chi connectivity index (χ2v) is 7.35. The number of piperazine rings is 1. The standard InChI is InChI=1S/C15H26N2O2S/c1-4-15(3)14(19)16-12(11-7-8-11)13(18)17(15)9-6-10-20-5-2/h11-12H,4-10H2,1-3H3,(H,16,19). The summed E-state index contributed by atoms with van der Waals surface area (Å²) >= 11 is 1.89. The third-order valence-corrected chi connectivity index (χ3v) is 5.55. The zero-order chi connectivity index (χ0) is 14.8. The number of nitrogens with zero attached hydrogens (tertiary/aromatic N) is 1. The van der Waals surface area contributed by atoms with Crippen molar-refractivity contribution in [2.24, 2.45) is 5.92 Å². The van der Waals surface area contributed by atoms with Crippen molar-refractivity contribution in [3.63, 3.8) is 0 Å². The van der Waals surface area contributed by atoms with E-state index in [1.54, 1.807) is 0 Å². The number of thioether (sulfide) groups is 1. The highest BCUT2D eigenvalue weighted by Crippen LogP contribution is 2.37. The molecule has 0 spiro atoms. The molecule has 2 aliphatic rings. The van der Waals surface area contributed by atoms with E-state index in [1.807, 2.05) is 30.5 Å². The molecule has 2 unspecified atom stereocenters. The van der Waals surface area contributed by atoms with Crippen LogP contribution in [0.15, 0.2) is 0 Å². The lowest BCUT2D eigenvalue weighted by molar-refractivity contribution is -0.157. The van der Waals surface area contributed by atoms with Gasteiger partial charge in [0.25, 0.3) is 0 Å². The molecule has 1 saturated carbocycles. The summed E-state index contributed by atoms with van der Waals surface area (Å²) in [7, 11) is 0. The van der Waals surface area contributed by atoms with E-state index in [-0.39, 0.29) is 17.9 Å². The summed E-state index contributed by atoms with van der Waals surface area (Å²) in [6, 6.07) is -0.263. The minimum atomic E-state index is -0.667. The summed E-state index contributed by atoms with van der Waals surface area (Å²) in [6.07, 6.45) is 3.77. The van der Waals surface area contributed by atoms with Crippen molar-refractivity contribution < 1.29 is 9.59 Å². The van der Waals surface area contributed by atoms with Gasteiger partial charge < -0.3 is 10.2 Å². The van der Waals surface area contributed by atoms with Gasteiger partial charge in [0.15, 0.2) is 0 Å². The summed E-state index contributed by atoms with van der Waals surface area (Å²) in [6.45, 7) is 6.73. The van der Waals surface area contributed by atoms with E-state index >= 15 is 0 Å². The van der Waals surface area contributed by atoms with E-state index in [1.165, 1.54) is 0 Å². The molecule has 2 amide bonds. The number of rotatable bonds is 7. The van der Waals surface area contributed by atoms with Crippen LogP contribution >= 0.6 is 11.8 Å². The normalized spacial score (nSPS) is 30.6. The molecule has 0 radical (unpaired) electrons. The van der Waals surface area contributed by atoms with Gasteiger partial charge in [-0.25, -0.2) is 0 Å². The van der Waals surface area contributed by atoms with Crippen LogP contribution in [-0.2, 0) is 9.59 Å². The highest BCUT2D eigenvalue weighted by atomic mass is 32.2. The zero-order valence-corrected chi connectivity index (χ0v) is 13.6. The first-order valence-electron chi connectivity index (χ1n) is 7.74. The summed E-state index contributed by atoms with van der Waals surface area (Å²) in [5.41, 5.74) is -0.667. The van der Waals surface area contributed by atoms with Crippen LogP contribution in [0, 0.1) is 5.92 Å². The van der Waals surface area contributed by atoms with Gasteiger partial charge in [-0.15, -0.1) is 0 Å². The minimum Gasteiger partial charge on any atom is -0.342 e. The van der Waals surface area contributed by atoms with Crippen LogP contribution in [0.25, 0.3) is 0 Å². The maximum absolute atomic E-state index is 12.7. The first-order chi connectivity index (χ1) is 9.54. The monoisotopic (exact) mass is 298 g/mol. The number of amides is 2. The number of hydrogen-bond acceptors (Lipinski definition) is 3. The number of carbonyl (C=O) groups excluding carboxylic acids is 2. The van der Waals surface area contributed by atoms with Crippen molar-refractivity contribution in [1.29, 1.82) is 0 Å². The molecule has 4 nitrogen and oxygen atoms in total. The predicted molar refractivity (Wildman–Crippen MR) is 82.7 cm³/mol. The molecule has 5 heteroatoms. The van der Waals surface area contributed by atoms with Crippen molar-refractivity contribution in [2.75, 3.05) is 18.1 Å². The Bertz CT molecular complexity index is 384.